The van der Waals surface area contributed by atoms with Crippen molar-refractivity contribution in [3.63, 3.8) is 0 Å². The molecule has 0 amide bonds. The SMILES string of the molecule is N#Cc1cc(Cl)ccc1NCCCNc1ccccc1. The first-order chi connectivity index (χ1) is 9.79. The largest absolute Gasteiger partial charge is 0.385 e. The number of hydrogen-bond donors (Lipinski definition) is 2. The van der Waals surface area contributed by atoms with E-state index in [-0.39, 0.29) is 0 Å². The van der Waals surface area contributed by atoms with Gasteiger partial charge in [0.2, 0.25) is 0 Å². The predicted octanol–water partition coefficient (Wildman–Crippen LogP) is 4.13. The number of halogens is 1. The first kappa shape index (κ1) is 14.2. The Hall–Kier alpha value is -2.18. The molecule has 0 saturated carbocycles. The highest BCUT2D eigenvalue weighted by atomic mass is 35.5. The minimum atomic E-state index is 0.577. The summed E-state index contributed by atoms with van der Waals surface area (Å²) in [6.45, 7) is 1.68. The Labute approximate surface area is 124 Å². The molecule has 0 saturated heterocycles. The molecule has 4 heteroatoms. The molecule has 102 valence electrons. The van der Waals surface area contributed by atoms with Crippen molar-refractivity contribution in [2.75, 3.05) is 23.7 Å². The topological polar surface area (TPSA) is 47.9 Å². The number of benzene rings is 2. The van der Waals surface area contributed by atoms with Crippen molar-refractivity contribution in [3.8, 4) is 6.07 Å². The van der Waals surface area contributed by atoms with Gasteiger partial charge in [0.15, 0.2) is 0 Å². The van der Waals surface area contributed by atoms with Crippen LogP contribution in [0.25, 0.3) is 0 Å². The van der Waals surface area contributed by atoms with Gasteiger partial charge in [-0.1, -0.05) is 29.8 Å². The lowest BCUT2D eigenvalue weighted by atomic mass is 10.2. The van der Waals surface area contributed by atoms with Crippen LogP contribution in [0.15, 0.2) is 48.5 Å². The van der Waals surface area contributed by atoms with E-state index in [0.29, 0.717) is 10.6 Å². The van der Waals surface area contributed by atoms with Crippen molar-refractivity contribution in [2.24, 2.45) is 0 Å². The van der Waals surface area contributed by atoms with Crippen LogP contribution in [0.4, 0.5) is 11.4 Å². The van der Waals surface area contributed by atoms with Crippen LogP contribution in [-0.2, 0) is 0 Å². The molecular formula is C16H16ClN3. The maximum atomic E-state index is 9.03. The second-order valence-corrected chi connectivity index (χ2v) is 4.81. The summed E-state index contributed by atoms with van der Waals surface area (Å²) < 4.78 is 0. The highest BCUT2D eigenvalue weighted by molar-refractivity contribution is 6.30. The van der Waals surface area contributed by atoms with Crippen molar-refractivity contribution in [3.05, 3.63) is 59.1 Å². The van der Waals surface area contributed by atoms with Crippen LogP contribution in [0.1, 0.15) is 12.0 Å². The Morgan fingerprint density at radius 1 is 1.00 bits per heavy atom. The Kier molecular flexibility index (Phi) is 5.28. The van der Waals surface area contributed by atoms with Gasteiger partial charge in [-0.15, -0.1) is 0 Å². The minimum Gasteiger partial charge on any atom is -0.385 e. The fourth-order valence-corrected chi connectivity index (χ4v) is 2.04. The van der Waals surface area contributed by atoms with Crippen molar-refractivity contribution in [2.45, 2.75) is 6.42 Å². The molecule has 0 fully saturated rings. The van der Waals surface area contributed by atoms with E-state index in [0.717, 1.165) is 30.9 Å². The van der Waals surface area contributed by atoms with Crippen LogP contribution in [-0.4, -0.2) is 13.1 Å². The molecule has 0 heterocycles. The fraction of sp³-hybridized carbons (Fsp3) is 0.188. The van der Waals surface area contributed by atoms with Crippen molar-refractivity contribution >= 4 is 23.0 Å². The molecule has 0 aromatic heterocycles. The second kappa shape index (κ2) is 7.42. The van der Waals surface area contributed by atoms with Crippen LogP contribution in [0, 0.1) is 11.3 Å². The zero-order valence-corrected chi connectivity index (χ0v) is 11.8. The molecule has 0 spiro atoms. The number of rotatable bonds is 6. The average Bonchev–Trinajstić information content (AvgIpc) is 2.49. The summed E-state index contributed by atoms with van der Waals surface area (Å²) in [6.07, 6.45) is 0.961. The Morgan fingerprint density at radius 2 is 1.75 bits per heavy atom. The molecule has 0 aliphatic heterocycles. The molecule has 0 atom stereocenters. The van der Waals surface area contributed by atoms with Gasteiger partial charge in [-0.2, -0.15) is 5.26 Å². The minimum absolute atomic E-state index is 0.577. The number of para-hydroxylation sites is 1. The predicted molar refractivity (Wildman–Crippen MR) is 84.2 cm³/mol. The summed E-state index contributed by atoms with van der Waals surface area (Å²) in [6, 6.07) is 17.5. The molecule has 2 aromatic rings. The van der Waals surface area contributed by atoms with E-state index in [1.807, 2.05) is 36.4 Å². The highest BCUT2D eigenvalue weighted by Gasteiger charge is 2.01. The van der Waals surface area contributed by atoms with E-state index in [2.05, 4.69) is 16.7 Å². The van der Waals surface area contributed by atoms with Crippen molar-refractivity contribution in [1.29, 1.82) is 5.26 Å². The van der Waals surface area contributed by atoms with Gasteiger partial charge in [-0.3, -0.25) is 0 Å². The Morgan fingerprint density at radius 3 is 2.50 bits per heavy atom. The molecule has 0 aliphatic rings. The van der Waals surface area contributed by atoms with Gasteiger partial charge in [-0.25, -0.2) is 0 Å². The summed E-state index contributed by atoms with van der Waals surface area (Å²) in [7, 11) is 0. The van der Waals surface area contributed by atoms with Gasteiger partial charge < -0.3 is 10.6 Å². The summed E-state index contributed by atoms with van der Waals surface area (Å²) in [5.74, 6) is 0. The smallest absolute Gasteiger partial charge is 0.101 e. The van der Waals surface area contributed by atoms with Crippen LogP contribution in [0.3, 0.4) is 0 Å². The van der Waals surface area contributed by atoms with Crippen molar-refractivity contribution < 1.29 is 0 Å². The quantitative estimate of drug-likeness (QED) is 0.785. The van der Waals surface area contributed by atoms with Gasteiger partial charge in [0.1, 0.15) is 6.07 Å². The van der Waals surface area contributed by atoms with Crippen LogP contribution in [0.5, 0.6) is 0 Å². The van der Waals surface area contributed by atoms with Gasteiger partial charge in [0.25, 0.3) is 0 Å². The molecule has 0 aliphatic carbocycles. The zero-order chi connectivity index (χ0) is 14.2. The van der Waals surface area contributed by atoms with Gasteiger partial charge >= 0.3 is 0 Å². The number of nitriles is 1. The lowest BCUT2D eigenvalue weighted by molar-refractivity contribution is 0.909. The second-order valence-electron chi connectivity index (χ2n) is 4.37. The van der Waals surface area contributed by atoms with Crippen LogP contribution >= 0.6 is 11.6 Å². The molecule has 3 nitrogen and oxygen atoms in total. The first-order valence-corrected chi connectivity index (χ1v) is 6.90. The van der Waals surface area contributed by atoms with E-state index >= 15 is 0 Å². The summed E-state index contributed by atoms with van der Waals surface area (Å²) >= 11 is 5.86. The maximum absolute atomic E-state index is 9.03. The van der Waals surface area contributed by atoms with Gasteiger partial charge in [0, 0.05) is 23.8 Å². The third-order valence-electron chi connectivity index (χ3n) is 2.87. The molecule has 2 N–H and O–H groups in total. The molecule has 0 unspecified atom stereocenters. The number of nitrogens with one attached hydrogen (secondary N) is 2. The van der Waals surface area contributed by atoms with Crippen LogP contribution in [0.2, 0.25) is 5.02 Å². The molecular weight excluding hydrogens is 270 g/mol. The summed E-state index contributed by atoms with van der Waals surface area (Å²) in [5, 5.41) is 16.2. The fourth-order valence-electron chi connectivity index (χ4n) is 1.86. The Bertz CT molecular complexity index is 590. The third-order valence-corrected chi connectivity index (χ3v) is 3.11. The summed E-state index contributed by atoms with van der Waals surface area (Å²) in [5.41, 5.74) is 2.53. The van der Waals surface area contributed by atoms with Gasteiger partial charge in [-0.05, 0) is 36.8 Å². The molecule has 2 rings (SSSR count). The standard InChI is InChI=1S/C16H16ClN3/c17-14-7-8-16(13(11-14)12-18)20-10-4-9-19-15-5-2-1-3-6-15/h1-3,5-8,11,19-20H,4,9-10H2. The lowest BCUT2D eigenvalue weighted by Crippen LogP contribution is -2.09. The van der Waals surface area contributed by atoms with E-state index < -0.39 is 0 Å². The van der Waals surface area contributed by atoms with E-state index in [9.17, 15) is 0 Å². The average molecular weight is 286 g/mol. The molecule has 2 aromatic carbocycles. The molecule has 20 heavy (non-hydrogen) atoms. The first-order valence-electron chi connectivity index (χ1n) is 6.52. The highest BCUT2D eigenvalue weighted by Crippen LogP contribution is 2.19. The van der Waals surface area contributed by atoms with Crippen molar-refractivity contribution in [1.82, 2.24) is 0 Å². The monoisotopic (exact) mass is 285 g/mol. The molecule has 0 bridgehead atoms. The maximum Gasteiger partial charge on any atom is 0.101 e. The number of hydrogen-bond acceptors (Lipinski definition) is 3. The van der Waals surface area contributed by atoms with E-state index in [1.165, 1.54) is 0 Å². The van der Waals surface area contributed by atoms with Crippen LogP contribution < -0.4 is 10.6 Å². The Balaban J connectivity index is 1.75. The van der Waals surface area contributed by atoms with E-state index in [4.69, 9.17) is 16.9 Å². The summed E-state index contributed by atoms with van der Waals surface area (Å²) in [4.78, 5) is 0. The lowest BCUT2D eigenvalue weighted by Gasteiger charge is -2.09. The third kappa shape index (κ3) is 4.18. The van der Waals surface area contributed by atoms with Gasteiger partial charge in [0.05, 0.1) is 11.3 Å². The zero-order valence-electron chi connectivity index (χ0n) is 11.1. The molecule has 0 radical (unpaired) electrons. The number of anilines is 2. The normalized spacial score (nSPS) is 9.80. The number of nitrogens with zero attached hydrogens (tertiary/aromatic N) is 1. The van der Waals surface area contributed by atoms with E-state index in [1.54, 1.807) is 12.1 Å².